The molecule has 123 valence electrons. The molecule has 24 heavy (non-hydrogen) atoms. The molecule has 0 spiro atoms. The second-order valence-electron chi connectivity index (χ2n) is 4.54. The molecule has 1 radical (unpaired) electrons. The van der Waals surface area contributed by atoms with Crippen molar-refractivity contribution in [2.24, 2.45) is 0 Å². The lowest BCUT2D eigenvalue weighted by atomic mass is 10.2. The van der Waals surface area contributed by atoms with Gasteiger partial charge >= 0.3 is 12.1 Å². The molecule has 0 aliphatic heterocycles. The molecule has 0 atom stereocenters. The maximum atomic E-state index is 12.5. The van der Waals surface area contributed by atoms with Crippen molar-refractivity contribution in [3.63, 3.8) is 0 Å². The van der Waals surface area contributed by atoms with Gasteiger partial charge in [-0.1, -0.05) is 52.3 Å². The summed E-state index contributed by atoms with van der Waals surface area (Å²) in [6.07, 6.45) is -4.68. The Morgan fingerprint density at radius 3 is 2.54 bits per heavy atom. The van der Waals surface area contributed by atoms with E-state index in [2.05, 4.69) is 20.7 Å². The van der Waals surface area contributed by atoms with Gasteiger partial charge in [-0.3, -0.25) is 0 Å². The fraction of sp³-hybridized carbons (Fsp3) is 0.0667. The molecule has 0 aliphatic rings. The molecule has 0 fully saturated rings. The van der Waals surface area contributed by atoms with E-state index in [1.807, 2.05) is 0 Å². The summed E-state index contributed by atoms with van der Waals surface area (Å²) in [5.74, 6) is -1.53. The average Bonchev–Trinajstić information content (AvgIpc) is 3.01. The van der Waals surface area contributed by atoms with Crippen LogP contribution in [-0.4, -0.2) is 10.1 Å². The highest BCUT2D eigenvalue weighted by Crippen LogP contribution is 2.34. The minimum absolute atomic E-state index is 0.146. The van der Waals surface area contributed by atoms with Crippen molar-refractivity contribution in [2.75, 3.05) is 0 Å². The van der Waals surface area contributed by atoms with Crippen LogP contribution >= 0.6 is 35.0 Å². The van der Waals surface area contributed by atoms with Crippen LogP contribution in [-0.2, 0) is 6.18 Å². The zero-order chi connectivity index (χ0) is 17.3. The van der Waals surface area contributed by atoms with E-state index in [1.54, 1.807) is 36.4 Å². The van der Waals surface area contributed by atoms with E-state index in [1.165, 1.54) is 11.8 Å². The maximum absolute atomic E-state index is 12.5. The van der Waals surface area contributed by atoms with Crippen LogP contribution in [0.1, 0.15) is 5.89 Å². The first kappa shape index (κ1) is 17.1. The fourth-order valence-electron chi connectivity index (χ4n) is 1.77. The van der Waals surface area contributed by atoms with Gasteiger partial charge < -0.3 is 4.52 Å². The zero-order valence-electron chi connectivity index (χ0n) is 11.6. The molecule has 0 N–H and O–H groups in total. The summed E-state index contributed by atoms with van der Waals surface area (Å²) < 4.78 is 41.8. The normalized spacial score (nSPS) is 11.7. The Balaban J connectivity index is 1.86. The molecule has 0 saturated carbocycles. The van der Waals surface area contributed by atoms with Crippen LogP contribution in [0.3, 0.4) is 0 Å². The summed E-state index contributed by atoms with van der Waals surface area (Å²) in [4.78, 5) is 4.83. The average molecular weight is 390 g/mol. The summed E-state index contributed by atoms with van der Waals surface area (Å²) in [5.41, 5.74) is 0.385. The quantitative estimate of drug-likeness (QED) is 0.549. The molecular weight excluding hydrogens is 384 g/mol. The molecule has 0 amide bonds. The lowest BCUT2D eigenvalue weighted by Crippen LogP contribution is -2.04. The molecule has 9 heteroatoms. The van der Waals surface area contributed by atoms with Gasteiger partial charge in [0.25, 0.3) is 0 Å². The predicted molar refractivity (Wildman–Crippen MR) is 84.2 cm³/mol. The number of hydrogen-bond acceptors (Lipinski definition) is 4. The Kier molecular flexibility index (Phi) is 4.76. The third-order valence-corrected chi connectivity index (χ3v) is 4.50. The molecule has 3 aromatic rings. The Labute approximate surface area is 148 Å². The second kappa shape index (κ2) is 6.66. The van der Waals surface area contributed by atoms with Gasteiger partial charge in [0, 0.05) is 15.4 Å². The number of halogens is 5. The Bertz CT molecular complexity index is 883. The zero-order valence-corrected chi connectivity index (χ0v) is 13.9. The highest BCUT2D eigenvalue weighted by Gasteiger charge is 2.38. The number of hydrogen-bond donors (Lipinski definition) is 0. The van der Waals surface area contributed by atoms with Crippen LogP contribution in [0.5, 0.6) is 0 Å². The summed E-state index contributed by atoms with van der Waals surface area (Å²) in [7, 11) is 0. The number of nitrogens with zero attached hydrogens (tertiary/aromatic N) is 2. The summed E-state index contributed by atoms with van der Waals surface area (Å²) in [5, 5.41) is 4.20. The van der Waals surface area contributed by atoms with Gasteiger partial charge in [0.2, 0.25) is 5.82 Å². The molecule has 1 heterocycles. The molecule has 0 aliphatic carbocycles. The van der Waals surface area contributed by atoms with Crippen LogP contribution in [0.4, 0.5) is 13.2 Å². The first-order chi connectivity index (χ1) is 11.3. The van der Waals surface area contributed by atoms with Crippen molar-refractivity contribution in [1.82, 2.24) is 10.1 Å². The minimum Gasteiger partial charge on any atom is -0.329 e. The van der Waals surface area contributed by atoms with Crippen LogP contribution in [0, 0.1) is 6.07 Å². The maximum Gasteiger partial charge on any atom is 0.471 e. The SMILES string of the molecule is FC(F)(F)c1nc(-c2cc[c]c(Sc3ccc(Cl)c(Cl)c3)c2)no1. The van der Waals surface area contributed by atoms with Crippen molar-refractivity contribution in [2.45, 2.75) is 16.0 Å². The van der Waals surface area contributed by atoms with E-state index in [0.29, 0.717) is 20.5 Å². The van der Waals surface area contributed by atoms with Gasteiger partial charge in [0.05, 0.1) is 10.0 Å². The Morgan fingerprint density at radius 2 is 1.88 bits per heavy atom. The van der Waals surface area contributed by atoms with Crippen LogP contribution in [0.15, 0.2) is 50.7 Å². The van der Waals surface area contributed by atoms with Crippen molar-refractivity contribution in [3.8, 4) is 11.4 Å². The van der Waals surface area contributed by atoms with E-state index in [9.17, 15) is 13.2 Å². The molecule has 3 rings (SSSR count). The Morgan fingerprint density at radius 1 is 1.08 bits per heavy atom. The second-order valence-corrected chi connectivity index (χ2v) is 6.47. The summed E-state index contributed by atoms with van der Waals surface area (Å²) in [6, 6.07) is 12.8. The van der Waals surface area contributed by atoms with Crippen molar-refractivity contribution >= 4 is 35.0 Å². The molecule has 2 aromatic carbocycles. The van der Waals surface area contributed by atoms with Gasteiger partial charge in [-0.15, -0.1) is 0 Å². The number of alkyl halides is 3. The van der Waals surface area contributed by atoms with Gasteiger partial charge in [-0.2, -0.15) is 18.2 Å². The van der Waals surface area contributed by atoms with Gasteiger partial charge in [0.15, 0.2) is 0 Å². The van der Waals surface area contributed by atoms with Gasteiger partial charge in [0.1, 0.15) is 0 Å². The Hall–Kier alpha value is -1.70. The lowest BCUT2D eigenvalue weighted by molar-refractivity contribution is -0.159. The topological polar surface area (TPSA) is 38.9 Å². The monoisotopic (exact) mass is 389 g/mol. The summed E-state index contributed by atoms with van der Waals surface area (Å²) >= 11 is 13.1. The molecule has 0 unspecified atom stereocenters. The third-order valence-electron chi connectivity index (χ3n) is 2.82. The molecular formula is C15H6Cl2F3N2OS. The van der Waals surface area contributed by atoms with Crippen molar-refractivity contribution in [1.29, 1.82) is 0 Å². The third kappa shape index (κ3) is 3.85. The number of benzene rings is 2. The highest BCUT2D eigenvalue weighted by molar-refractivity contribution is 7.99. The lowest BCUT2D eigenvalue weighted by Gasteiger charge is -2.04. The van der Waals surface area contributed by atoms with Crippen LogP contribution < -0.4 is 0 Å². The van der Waals surface area contributed by atoms with E-state index in [4.69, 9.17) is 23.2 Å². The van der Waals surface area contributed by atoms with Crippen molar-refractivity contribution in [3.05, 3.63) is 58.4 Å². The number of rotatable bonds is 3. The van der Waals surface area contributed by atoms with E-state index in [-0.39, 0.29) is 5.82 Å². The molecule has 0 bridgehead atoms. The highest BCUT2D eigenvalue weighted by atomic mass is 35.5. The molecule has 3 nitrogen and oxygen atoms in total. The van der Waals surface area contributed by atoms with E-state index < -0.39 is 12.1 Å². The number of aromatic nitrogens is 2. The molecule has 0 saturated heterocycles. The van der Waals surface area contributed by atoms with Crippen LogP contribution in [0.2, 0.25) is 10.0 Å². The molecule has 1 aromatic heterocycles. The fourth-order valence-corrected chi connectivity index (χ4v) is 3.01. The minimum atomic E-state index is -4.68. The van der Waals surface area contributed by atoms with Gasteiger partial charge in [-0.25, -0.2) is 0 Å². The first-order valence-corrected chi connectivity index (χ1v) is 7.96. The summed E-state index contributed by atoms with van der Waals surface area (Å²) in [6.45, 7) is 0. The predicted octanol–water partition coefficient (Wildman–Crippen LogP) is 6.01. The van der Waals surface area contributed by atoms with Crippen molar-refractivity contribution < 1.29 is 17.7 Å². The van der Waals surface area contributed by atoms with Gasteiger partial charge in [-0.05, 0) is 30.3 Å². The van der Waals surface area contributed by atoms with E-state index >= 15 is 0 Å². The standard InChI is InChI=1S/C15H6Cl2F3N2OS/c16-11-5-4-10(7-12(11)17)24-9-3-1-2-8(6-9)13-21-14(23-22-13)15(18,19)20/h1-2,4-7H. The largest absolute Gasteiger partial charge is 0.471 e. The smallest absolute Gasteiger partial charge is 0.329 e. The van der Waals surface area contributed by atoms with E-state index in [0.717, 1.165) is 4.90 Å². The first-order valence-electron chi connectivity index (χ1n) is 6.39. The van der Waals surface area contributed by atoms with Crippen LogP contribution in [0.25, 0.3) is 11.4 Å².